The van der Waals surface area contributed by atoms with E-state index in [-0.39, 0.29) is 35.6 Å². The van der Waals surface area contributed by atoms with Gasteiger partial charge in [0.1, 0.15) is 0 Å². The van der Waals surface area contributed by atoms with Gasteiger partial charge < -0.3 is 24.8 Å². The van der Waals surface area contributed by atoms with Crippen LogP contribution in [-0.2, 0) is 35.1 Å². The Balaban J connectivity index is 0.000000229. The molecule has 1 unspecified atom stereocenters. The fraction of sp³-hybridized carbons (Fsp3) is 0.333. The SMILES string of the molecule is CC1=CC(C)(C)c2cc3[cH-]c4cc5c(cc4c3cc21)C(C)=CC5(C)C.CC1=[C-]C(C)C=C1[Si](C)(C)C.[Cl-].[Cl-].[Zr+2]=[CH]c1ccccc1. The molecular formula is C42H48Cl2SiZr-2. The van der Waals surface area contributed by atoms with Gasteiger partial charge in [-0.3, -0.25) is 6.08 Å². The third-order valence-electron chi connectivity index (χ3n) is 9.41. The summed E-state index contributed by atoms with van der Waals surface area (Å²) in [4.78, 5) is 0. The first kappa shape index (κ1) is 38.5. The van der Waals surface area contributed by atoms with Crippen molar-refractivity contribution in [3.63, 3.8) is 0 Å². The molecule has 0 saturated carbocycles. The average Bonchev–Trinajstić information content (AvgIpc) is 3.62. The van der Waals surface area contributed by atoms with Crippen molar-refractivity contribution in [3.05, 3.63) is 124 Å². The van der Waals surface area contributed by atoms with E-state index in [0.717, 1.165) is 0 Å². The second-order valence-electron chi connectivity index (χ2n) is 15.2. The van der Waals surface area contributed by atoms with Crippen molar-refractivity contribution >= 4 is 44.5 Å². The van der Waals surface area contributed by atoms with E-state index in [0.29, 0.717) is 5.92 Å². The van der Waals surface area contributed by atoms with Gasteiger partial charge >= 0.3 is 63.8 Å². The molecule has 0 N–H and O–H groups in total. The molecule has 0 aromatic heterocycles. The van der Waals surface area contributed by atoms with Crippen molar-refractivity contribution in [2.75, 3.05) is 0 Å². The Morgan fingerprint density at radius 2 is 1.22 bits per heavy atom. The van der Waals surface area contributed by atoms with Crippen LogP contribution in [0.5, 0.6) is 0 Å². The fourth-order valence-corrected chi connectivity index (χ4v) is 9.84. The fourth-order valence-electron chi connectivity index (χ4n) is 7.42. The number of halogens is 2. The van der Waals surface area contributed by atoms with Crippen LogP contribution < -0.4 is 24.8 Å². The van der Waals surface area contributed by atoms with Crippen molar-refractivity contribution in [2.24, 2.45) is 5.92 Å². The van der Waals surface area contributed by atoms with E-state index in [1.807, 2.05) is 6.07 Å². The van der Waals surface area contributed by atoms with Crippen molar-refractivity contribution in [3.8, 4) is 0 Å². The van der Waals surface area contributed by atoms with Crippen LogP contribution in [-0.4, -0.2) is 11.8 Å². The number of hydrogen-bond acceptors (Lipinski definition) is 0. The van der Waals surface area contributed by atoms with E-state index in [9.17, 15) is 0 Å². The first-order valence-electron chi connectivity index (χ1n) is 16.0. The van der Waals surface area contributed by atoms with Gasteiger partial charge in [0, 0.05) is 10.8 Å². The summed E-state index contributed by atoms with van der Waals surface area (Å²) in [6, 6.07) is 22.4. The Labute approximate surface area is 306 Å². The number of benzene rings is 3. The van der Waals surface area contributed by atoms with E-state index in [1.54, 1.807) is 5.20 Å². The van der Waals surface area contributed by atoms with Crippen LogP contribution in [0, 0.1) is 12.0 Å². The van der Waals surface area contributed by atoms with Gasteiger partial charge in [-0.1, -0.05) is 103 Å². The van der Waals surface area contributed by atoms with Crippen LogP contribution in [0.15, 0.2) is 89.7 Å². The molecule has 4 aromatic rings. The summed E-state index contributed by atoms with van der Waals surface area (Å²) in [5, 5.41) is 7.17. The molecule has 0 spiro atoms. The molecule has 0 saturated heterocycles. The minimum absolute atomic E-state index is 0. The molecule has 0 amide bonds. The van der Waals surface area contributed by atoms with Gasteiger partial charge in [0.25, 0.3) is 0 Å². The van der Waals surface area contributed by atoms with E-state index in [2.05, 4.69) is 158 Å². The first-order valence-corrected chi connectivity index (χ1v) is 20.9. The van der Waals surface area contributed by atoms with Crippen LogP contribution in [0.2, 0.25) is 19.6 Å². The predicted octanol–water partition coefficient (Wildman–Crippen LogP) is 5.68. The molecule has 0 radical (unpaired) electrons. The minimum atomic E-state index is -1.07. The van der Waals surface area contributed by atoms with Crippen molar-refractivity contribution in [2.45, 2.75) is 85.9 Å². The Morgan fingerprint density at radius 3 is 1.54 bits per heavy atom. The van der Waals surface area contributed by atoms with Gasteiger partial charge in [-0.25, -0.2) is 10.8 Å². The summed E-state index contributed by atoms with van der Waals surface area (Å²) in [7, 11) is -1.07. The predicted molar refractivity (Wildman–Crippen MR) is 195 cm³/mol. The van der Waals surface area contributed by atoms with Crippen LogP contribution in [0.1, 0.15) is 83.2 Å². The summed E-state index contributed by atoms with van der Waals surface area (Å²) in [6.07, 6.45) is 10.6. The van der Waals surface area contributed by atoms with Crippen LogP contribution in [0.3, 0.4) is 0 Å². The summed E-state index contributed by atoms with van der Waals surface area (Å²) < 4.78 is 2.17. The number of hydrogen-bond donors (Lipinski definition) is 0. The second-order valence-corrected chi connectivity index (χ2v) is 20.9. The van der Waals surface area contributed by atoms with Gasteiger partial charge in [-0.15, -0.1) is 39.7 Å². The summed E-state index contributed by atoms with van der Waals surface area (Å²) in [6.45, 7) is 25.3. The second kappa shape index (κ2) is 14.3. The molecule has 7 rings (SSSR count). The van der Waals surface area contributed by atoms with Gasteiger partial charge in [0.15, 0.2) is 0 Å². The molecule has 0 nitrogen and oxygen atoms in total. The van der Waals surface area contributed by atoms with E-state index >= 15 is 0 Å². The molecule has 0 bridgehead atoms. The standard InChI is InChI=1S/C25H25.C10H17Si.C7H6.2ClH.Zr/c1-14-12-24(3,4)22-8-16-7-17-9-23-19(15(2)13-25(23,5)6)11-21(17)20(16)10-18(14)22;1-8-6-9(2)10(7-8)11(3,4)5;1-7-5-3-2-4-6-7;;;/h7-13H,1-6H3;7-8H,1-5H3;1-6H;2*1H;/q2*-1;;;;+2/p-2. The van der Waals surface area contributed by atoms with Gasteiger partial charge in [-0.2, -0.15) is 6.08 Å². The molecule has 3 aliphatic carbocycles. The molecule has 240 valence electrons. The van der Waals surface area contributed by atoms with Crippen molar-refractivity contribution < 1.29 is 49.0 Å². The van der Waals surface area contributed by atoms with E-state index < -0.39 is 8.07 Å². The normalized spacial score (nSPS) is 18.3. The Bertz CT molecular complexity index is 1800. The first-order chi connectivity index (χ1) is 20.5. The maximum atomic E-state index is 3.43. The molecule has 46 heavy (non-hydrogen) atoms. The summed E-state index contributed by atoms with van der Waals surface area (Å²) >= 11 is 1.46. The molecule has 0 aliphatic heterocycles. The summed E-state index contributed by atoms with van der Waals surface area (Å²) in [5.41, 5.74) is 11.6. The Morgan fingerprint density at radius 1 is 0.761 bits per heavy atom. The number of rotatable bonds is 2. The molecule has 0 fully saturated rings. The quantitative estimate of drug-likeness (QED) is 0.183. The molecule has 0 heterocycles. The van der Waals surface area contributed by atoms with Gasteiger partial charge in [0.05, 0.1) is 0 Å². The monoisotopic (exact) mass is 740 g/mol. The molecular weight excluding hydrogens is 695 g/mol. The van der Waals surface area contributed by atoms with Gasteiger partial charge in [-0.05, 0) is 44.2 Å². The molecule has 3 aliphatic rings. The van der Waals surface area contributed by atoms with Crippen molar-refractivity contribution in [1.29, 1.82) is 0 Å². The molecule has 4 aromatic carbocycles. The van der Waals surface area contributed by atoms with E-state index in [4.69, 9.17) is 0 Å². The zero-order chi connectivity index (χ0) is 32.2. The van der Waals surface area contributed by atoms with Crippen molar-refractivity contribution in [1.82, 2.24) is 0 Å². The topological polar surface area (TPSA) is 0 Å². The van der Waals surface area contributed by atoms with Crippen LogP contribution >= 0.6 is 0 Å². The average molecular weight is 743 g/mol. The van der Waals surface area contributed by atoms with E-state index in [1.165, 1.54) is 90.3 Å². The van der Waals surface area contributed by atoms with Crippen LogP contribution in [0.4, 0.5) is 0 Å². The molecule has 1 atom stereocenters. The Hall–Kier alpha value is -1.96. The molecule has 4 heteroatoms. The Kier molecular flexibility index (Phi) is 11.9. The maximum absolute atomic E-state index is 3.43. The third kappa shape index (κ3) is 7.68. The van der Waals surface area contributed by atoms with Crippen LogP contribution in [0.25, 0.3) is 32.7 Å². The third-order valence-corrected chi connectivity index (χ3v) is 12.4. The van der Waals surface area contributed by atoms with Gasteiger partial charge in [0.2, 0.25) is 0 Å². The number of allylic oxidation sites excluding steroid dienone is 8. The summed E-state index contributed by atoms with van der Waals surface area (Å²) in [5.74, 6) is 0.553. The zero-order valence-corrected chi connectivity index (χ0v) is 34.4. The number of fused-ring (bicyclic) bond motifs is 5. The zero-order valence-electron chi connectivity index (χ0n) is 29.4.